The van der Waals surface area contributed by atoms with Crippen molar-refractivity contribution in [3.8, 4) is 0 Å². The lowest BCUT2D eigenvalue weighted by Crippen LogP contribution is -2.03. The largest absolute Gasteiger partial charge is 0.293 e. The molecule has 0 aliphatic rings. The highest BCUT2D eigenvalue weighted by atomic mass is 127. The number of hydrogen-bond donors (Lipinski definition) is 0. The highest BCUT2D eigenvalue weighted by Crippen LogP contribution is 2.17. The molecule has 5 heteroatoms. The third kappa shape index (κ3) is 2.46. The fourth-order valence-electron chi connectivity index (χ4n) is 0.794. The van der Waals surface area contributed by atoms with E-state index in [2.05, 4.69) is 15.9 Å². The fourth-order valence-corrected chi connectivity index (χ4v) is 1.43. The zero-order chi connectivity index (χ0) is 10.0. The van der Waals surface area contributed by atoms with Crippen molar-refractivity contribution in [2.75, 3.05) is 5.33 Å². The zero-order valence-electron chi connectivity index (χ0n) is 6.28. The van der Waals surface area contributed by atoms with Crippen LogP contribution in [0.15, 0.2) is 12.1 Å². The van der Waals surface area contributed by atoms with Crippen LogP contribution in [0.1, 0.15) is 10.4 Å². The van der Waals surface area contributed by atoms with Crippen LogP contribution in [0.4, 0.5) is 8.78 Å². The average Bonchev–Trinajstić information content (AvgIpc) is 2.12. The summed E-state index contributed by atoms with van der Waals surface area (Å²) in [6.45, 7) is 0. The lowest BCUT2D eigenvalue weighted by Gasteiger charge is -2.00. The highest BCUT2D eigenvalue weighted by molar-refractivity contribution is 14.1. The maximum absolute atomic E-state index is 12.9. The van der Waals surface area contributed by atoms with E-state index in [0.29, 0.717) is 0 Å². The van der Waals surface area contributed by atoms with Gasteiger partial charge in [0.05, 0.1) is 8.90 Å². The van der Waals surface area contributed by atoms with Crippen molar-refractivity contribution >= 4 is 44.3 Å². The second-order valence-electron chi connectivity index (χ2n) is 2.31. The van der Waals surface area contributed by atoms with E-state index >= 15 is 0 Å². The minimum atomic E-state index is -0.704. The molecule has 0 spiro atoms. The number of benzene rings is 1. The first kappa shape index (κ1) is 11.0. The molecule has 0 amide bonds. The van der Waals surface area contributed by atoms with E-state index in [1.807, 2.05) is 0 Å². The van der Waals surface area contributed by atoms with Crippen LogP contribution in [0, 0.1) is 15.2 Å². The molecule has 0 heterocycles. The quantitative estimate of drug-likeness (QED) is 0.343. The van der Waals surface area contributed by atoms with Crippen molar-refractivity contribution in [3.05, 3.63) is 32.9 Å². The molecule has 0 fully saturated rings. The summed E-state index contributed by atoms with van der Waals surface area (Å²) < 4.78 is 25.7. The molecule has 0 aromatic heterocycles. The fraction of sp³-hybridized carbons (Fsp3) is 0.125. The first-order chi connectivity index (χ1) is 6.06. The lowest BCUT2D eigenvalue weighted by molar-refractivity contribution is 0.102. The van der Waals surface area contributed by atoms with Crippen LogP contribution < -0.4 is 0 Å². The van der Waals surface area contributed by atoms with Crippen LogP contribution in [0.2, 0.25) is 0 Å². The van der Waals surface area contributed by atoms with E-state index < -0.39 is 11.6 Å². The Kier molecular flexibility index (Phi) is 3.78. The van der Waals surface area contributed by atoms with Crippen molar-refractivity contribution in [3.63, 3.8) is 0 Å². The first-order valence-corrected chi connectivity index (χ1v) is 5.50. The van der Waals surface area contributed by atoms with Crippen molar-refractivity contribution in [2.45, 2.75) is 0 Å². The summed E-state index contributed by atoms with van der Waals surface area (Å²) in [6.07, 6.45) is 0. The van der Waals surface area contributed by atoms with Gasteiger partial charge in [-0.15, -0.1) is 0 Å². The Morgan fingerprint density at radius 3 is 2.23 bits per heavy atom. The first-order valence-electron chi connectivity index (χ1n) is 3.30. The molecule has 1 nitrogen and oxygen atoms in total. The van der Waals surface area contributed by atoms with E-state index in [0.717, 1.165) is 12.1 Å². The molecule has 0 atom stereocenters. The van der Waals surface area contributed by atoms with Crippen molar-refractivity contribution in [1.82, 2.24) is 0 Å². The number of carbonyl (C=O) groups is 1. The predicted octanol–water partition coefficient (Wildman–Crippen LogP) is 3.15. The molecule has 0 saturated carbocycles. The third-order valence-corrected chi connectivity index (χ3v) is 2.97. The molecular weight excluding hydrogens is 357 g/mol. The minimum Gasteiger partial charge on any atom is -0.293 e. The summed E-state index contributed by atoms with van der Waals surface area (Å²) in [5, 5.41) is 0.0620. The molecule has 0 saturated heterocycles. The molecule has 0 bridgehead atoms. The standard InChI is InChI=1S/C8H4BrF2IO/c9-3-7(13)4-1-5(10)8(12)6(11)2-4/h1-2H,3H2. The number of hydrogen-bond acceptors (Lipinski definition) is 1. The van der Waals surface area contributed by atoms with Gasteiger partial charge in [0.15, 0.2) is 5.78 Å². The maximum Gasteiger partial charge on any atom is 0.173 e. The maximum atomic E-state index is 12.9. The second-order valence-corrected chi connectivity index (χ2v) is 3.95. The Balaban J connectivity index is 3.20. The van der Waals surface area contributed by atoms with Gasteiger partial charge in [-0.3, -0.25) is 4.79 Å². The van der Waals surface area contributed by atoms with Gasteiger partial charge >= 0.3 is 0 Å². The van der Waals surface area contributed by atoms with Gasteiger partial charge < -0.3 is 0 Å². The van der Waals surface area contributed by atoms with Gasteiger partial charge in [0, 0.05) is 5.56 Å². The molecule has 0 aliphatic carbocycles. The van der Waals surface area contributed by atoms with Crippen LogP contribution in [0.25, 0.3) is 0 Å². The van der Waals surface area contributed by atoms with Gasteiger partial charge in [-0.1, -0.05) is 15.9 Å². The van der Waals surface area contributed by atoms with Crippen molar-refractivity contribution < 1.29 is 13.6 Å². The topological polar surface area (TPSA) is 17.1 Å². The molecule has 1 rings (SSSR count). The number of Topliss-reactive ketones (excluding diaryl/α,β-unsaturated/α-hetero) is 1. The molecule has 1 aromatic carbocycles. The van der Waals surface area contributed by atoms with Gasteiger partial charge in [-0.25, -0.2) is 8.78 Å². The van der Waals surface area contributed by atoms with Crippen molar-refractivity contribution in [2.24, 2.45) is 0 Å². The smallest absolute Gasteiger partial charge is 0.173 e. The second kappa shape index (κ2) is 4.45. The Morgan fingerprint density at radius 1 is 1.38 bits per heavy atom. The van der Waals surface area contributed by atoms with E-state index in [1.54, 1.807) is 22.6 Å². The zero-order valence-corrected chi connectivity index (χ0v) is 10.0. The minimum absolute atomic E-state index is 0.0484. The SMILES string of the molecule is O=C(CBr)c1cc(F)c(I)c(F)c1. The lowest BCUT2D eigenvalue weighted by atomic mass is 10.1. The monoisotopic (exact) mass is 360 g/mol. The molecule has 13 heavy (non-hydrogen) atoms. The summed E-state index contributed by atoms with van der Waals surface area (Å²) in [6, 6.07) is 2.07. The Morgan fingerprint density at radius 2 is 1.85 bits per heavy atom. The van der Waals surface area contributed by atoms with E-state index in [9.17, 15) is 13.6 Å². The van der Waals surface area contributed by atoms with Crippen LogP contribution in [0.3, 0.4) is 0 Å². The summed E-state index contributed by atoms with van der Waals surface area (Å²) >= 11 is 4.47. The molecule has 0 radical (unpaired) electrons. The molecule has 70 valence electrons. The Labute approximate surface area is 95.8 Å². The molecule has 0 aliphatic heterocycles. The van der Waals surface area contributed by atoms with E-state index in [-0.39, 0.29) is 20.2 Å². The van der Waals surface area contributed by atoms with Gasteiger partial charge in [0.25, 0.3) is 0 Å². The Hall–Kier alpha value is -0.0400. The molecule has 1 aromatic rings. The van der Waals surface area contributed by atoms with Crippen LogP contribution in [-0.2, 0) is 0 Å². The average molecular weight is 361 g/mol. The van der Waals surface area contributed by atoms with E-state index in [4.69, 9.17) is 0 Å². The number of ketones is 1. The summed E-state index contributed by atoms with van der Waals surface area (Å²) in [5.74, 6) is -1.75. The summed E-state index contributed by atoms with van der Waals surface area (Å²) in [4.78, 5) is 11.0. The normalized spacial score (nSPS) is 10.2. The van der Waals surface area contributed by atoms with Gasteiger partial charge in [-0.2, -0.15) is 0 Å². The predicted molar refractivity (Wildman–Crippen MR) is 57.2 cm³/mol. The third-order valence-electron chi connectivity index (χ3n) is 1.43. The molecule has 0 N–H and O–H groups in total. The number of halogens is 4. The number of alkyl halides is 1. The number of rotatable bonds is 2. The van der Waals surface area contributed by atoms with Crippen LogP contribution in [-0.4, -0.2) is 11.1 Å². The summed E-state index contributed by atoms with van der Waals surface area (Å²) in [7, 11) is 0. The Bertz CT molecular complexity index is 331. The van der Waals surface area contributed by atoms with Crippen molar-refractivity contribution in [1.29, 1.82) is 0 Å². The molecule has 0 unspecified atom stereocenters. The highest BCUT2D eigenvalue weighted by Gasteiger charge is 2.12. The van der Waals surface area contributed by atoms with Gasteiger partial charge in [-0.05, 0) is 34.7 Å². The van der Waals surface area contributed by atoms with Gasteiger partial charge in [0.1, 0.15) is 11.6 Å². The van der Waals surface area contributed by atoms with E-state index in [1.165, 1.54) is 0 Å². The van der Waals surface area contributed by atoms with Crippen LogP contribution in [0.5, 0.6) is 0 Å². The number of carbonyl (C=O) groups excluding carboxylic acids is 1. The van der Waals surface area contributed by atoms with Gasteiger partial charge in [0.2, 0.25) is 0 Å². The molecular formula is C8H4BrF2IO. The van der Waals surface area contributed by atoms with Crippen LogP contribution >= 0.6 is 38.5 Å². The summed E-state index contributed by atoms with van der Waals surface area (Å²) in [5.41, 5.74) is 0.0484.